The van der Waals surface area contributed by atoms with Crippen molar-refractivity contribution in [2.45, 2.75) is 90.7 Å². The first-order valence-electron chi connectivity index (χ1n) is 22.1. The molecule has 1 unspecified atom stereocenters. The summed E-state index contributed by atoms with van der Waals surface area (Å²) in [4.78, 5) is 19.1. The molecule has 4 aliphatic carbocycles. The van der Waals surface area contributed by atoms with Crippen molar-refractivity contribution >= 4 is 48.9 Å². The number of nitrogens with zero attached hydrogens (tertiary/aromatic N) is 3. The van der Waals surface area contributed by atoms with E-state index in [1.54, 1.807) is 12.1 Å². The van der Waals surface area contributed by atoms with Gasteiger partial charge in [0.05, 0.1) is 10.6 Å². The Kier molecular flexibility index (Phi) is 13.3. The number of piperazine rings is 2. The van der Waals surface area contributed by atoms with E-state index < -0.39 is 58.5 Å². The largest absolute Gasteiger partial charge is 0.501 e. The van der Waals surface area contributed by atoms with Gasteiger partial charge in [-0.3, -0.25) is 9.69 Å². The molecule has 1 atom stereocenters. The third-order valence-electron chi connectivity index (χ3n) is 13.7. The normalized spacial score (nSPS) is 24.7. The first kappa shape index (κ1) is 46.8. The lowest BCUT2D eigenvalue weighted by Crippen LogP contribution is -2.65. The molecule has 3 aromatic carbocycles. The zero-order valence-corrected chi connectivity index (χ0v) is 38.8. The average Bonchev–Trinajstić information content (AvgIpc) is 3.24. The Hall–Kier alpha value is -3.68. The smallest absolute Gasteiger partial charge is 0.380 e. The molecule has 0 aromatic heterocycles. The topological polar surface area (TPSA) is 131 Å². The molecule has 348 valence electrons. The number of anilines is 2. The van der Waals surface area contributed by atoms with E-state index in [4.69, 9.17) is 0 Å². The number of allylic oxidation sites excluding steroid dienone is 1. The predicted octanol–water partition coefficient (Wildman–Crippen LogP) is 7.49. The molecular weight excluding hydrogens is 889 g/mol. The van der Waals surface area contributed by atoms with E-state index in [9.17, 15) is 39.2 Å². The summed E-state index contributed by atoms with van der Waals surface area (Å²) in [7, 11) is -10.9. The monoisotopic (exact) mass is 946 g/mol. The minimum absolute atomic E-state index is 0.000944. The molecule has 5 fully saturated rings. The number of carbonyl (C=O) groups is 1. The van der Waals surface area contributed by atoms with Gasteiger partial charge >= 0.3 is 5.51 Å². The molecule has 18 heteroatoms. The summed E-state index contributed by atoms with van der Waals surface area (Å²) in [6, 6.07) is 17.8. The quantitative estimate of drug-likeness (QED) is 0.0751. The minimum Gasteiger partial charge on any atom is -0.380 e. The molecule has 2 saturated heterocycles. The van der Waals surface area contributed by atoms with Crippen molar-refractivity contribution in [3.63, 3.8) is 0 Å². The number of alkyl halides is 4. The Morgan fingerprint density at radius 3 is 2.19 bits per heavy atom. The fourth-order valence-corrected chi connectivity index (χ4v) is 13.1. The zero-order chi connectivity index (χ0) is 45.5. The van der Waals surface area contributed by atoms with Crippen molar-refractivity contribution in [2.24, 2.45) is 10.8 Å². The maximum absolute atomic E-state index is 14.6. The van der Waals surface area contributed by atoms with E-state index in [2.05, 4.69) is 39.2 Å². The number of benzene rings is 3. The number of nitrogens with one attached hydrogen (secondary N) is 3. The summed E-state index contributed by atoms with van der Waals surface area (Å²) < 4.78 is 112. The highest BCUT2D eigenvalue weighted by atomic mass is 32.2. The molecule has 0 radical (unpaired) electrons. The molecule has 3 N–H and O–H groups in total. The molecule has 1 amide bonds. The zero-order valence-electron chi connectivity index (χ0n) is 36.4. The van der Waals surface area contributed by atoms with Crippen molar-refractivity contribution in [3.8, 4) is 0 Å². The van der Waals surface area contributed by atoms with Crippen LogP contribution >= 0.6 is 11.8 Å². The van der Waals surface area contributed by atoms with Gasteiger partial charge in [-0.25, -0.2) is 25.9 Å². The second-order valence-corrected chi connectivity index (χ2v) is 23.8. The number of halogens is 4. The highest BCUT2D eigenvalue weighted by Gasteiger charge is 2.70. The molecule has 3 saturated carbocycles. The van der Waals surface area contributed by atoms with E-state index in [-0.39, 0.29) is 16.4 Å². The van der Waals surface area contributed by atoms with Crippen LogP contribution in [0.15, 0.2) is 98.6 Å². The summed E-state index contributed by atoms with van der Waals surface area (Å²) in [6.45, 7) is 12.4. The number of carbonyl (C=O) groups excluding carboxylic acids is 1. The van der Waals surface area contributed by atoms with Gasteiger partial charge in [0.2, 0.25) is 0 Å². The van der Waals surface area contributed by atoms with Crippen molar-refractivity contribution in [1.82, 2.24) is 19.8 Å². The Bertz CT molecular complexity index is 2420. The Labute approximate surface area is 378 Å². The molecule has 11 nitrogen and oxygen atoms in total. The average molecular weight is 947 g/mol. The van der Waals surface area contributed by atoms with Gasteiger partial charge in [-0.2, -0.15) is 13.2 Å². The summed E-state index contributed by atoms with van der Waals surface area (Å²) in [6.07, 6.45) is 5.71. The third-order valence-corrected chi connectivity index (χ3v) is 17.7. The molecule has 2 bridgehead atoms. The fraction of sp³-hybridized carbons (Fsp3) is 0.543. The fourth-order valence-electron chi connectivity index (χ4n) is 10.1. The highest BCUT2D eigenvalue weighted by molar-refractivity contribution is 7.99. The standard InChI is InChI=1S/C46H58F4N6O5S3/c1-43(2)16-14-34(39(27-43)44-30-45(47,31-44)32-44)28-55-22-24-56(25-23-55)36-10-8-33(9-11-36)42(57)53-64(60,61)38-12-13-40(41(26-38)63(58,59)46(48,49)50)52-35(15-19-54-20-17-51-18-21-54)29-62-37-6-4-3-5-7-37/h3-13,26,35,51-52H,14-25,27-32H2,1-2H3,(H,53,57). The molecule has 6 aliphatic rings. The molecule has 3 aromatic rings. The first-order chi connectivity index (χ1) is 30.2. The molecule has 0 spiro atoms. The van der Waals surface area contributed by atoms with Crippen LogP contribution in [0.25, 0.3) is 0 Å². The third kappa shape index (κ3) is 10.3. The summed E-state index contributed by atoms with van der Waals surface area (Å²) in [5, 5.41) is 6.29. The van der Waals surface area contributed by atoms with Gasteiger partial charge in [0.1, 0.15) is 10.6 Å². The van der Waals surface area contributed by atoms with Crippen LogP contribution in [-0.2, 0) is 19.9 Å². The molecule has 9 rings (SSSR count). The van der Waals surface area contributed by atoms with Crippen LogP contribution < -0.4 is 20.3 Å². The Morgan fingerprint density at radius 1 is 0.875 bits per heavy atom. The Morgan fingerprint density at radius 2 is 1.55 bits per heavy atom. The van der Waals surface area contributed by atoms with E-state index in [0.717, 1.165) is 101 Å². The van der Waals surface area contributed by atoms with Crippen molar-refractivity contribution in [2.75, 3.05) is 81.4 Å². The SMILES string of the molecule is CC1(C)CCC(CN2CCN(c3ccc(C(=O)NS(=O)(=O)c4ccc(NC(CCN5CCNCC5)CSc5ccccc5)c(S(=O)(=O)C(F)(F)F)c4)cc3)CC2)=C(C23CC(F)(C2)C3)C1. The number of hydrogen-bond acceptors (Lipinski definition) is 11. The van der Waals surface area contributed by atoms with Crippen LogP contribution in [0.1, 0.15) is 69.2 Å². The lowest BCUT2D eigenvalue weighted by molar-refractivity contribution is -0.193. The lowest BCUT2D eigenvalue weighted by Gasteiger charge is -2.68. The highest BCUT2D eigenvalue weighted by Crippen LogP contribution is 2.74. The van der Waals surface area contributed by atoms with Crippen LogP contribution in [0, 0.1) is 10.8 Å². The van der Waals surface area contributed by atoms with Crippen molar-refractivity contribution in [3.05, 3.63) is 89.5 Å². The van der Waals surface area contributed by atoms with Gasteiger partial charge in [-0.15, -0.1) is 11.8 Å². The van der Waals surface area contributed by atoms with Crippen LogP contribution in [0.4, 0.5) is 28.9 Å². The minimum atomic E-state index is -6.04. The lowest BCUT2D eigenvalue weighted by atomic mass is 9.38. The van der Waals surface area contributed by atoms with E-state index in [0.29, 0.717) is 44.0 Å². The summed E-state index contributed by atoms with van der Waals surface area (Å²) in [5.41, 5.74) is -2.91. The first-order valence-corrected chi connectivity index (χ1v) is 26.1. The molecule has 2 aliphatic heterocycles. The molecule has 64 heavy (non-hydrogen) atoms. The Balaban J connectivity index is 0.922. The van der Waals surface area contributed by atoms with Gasteiger partial charge in [0.15, 0.2) is 0 Å². The number of hydrogen-bond donors (Lipinski definition) is 3. The van der Waals surface area contributed by atoms with Gasteiger partial charge in [0, 0.05) is 98.8 Å². The van der Waals surface area contributed by atoms with E-state index in [1.165, 1.54) is 35.0 Å². The van der Waals surface area contributed by atoms with Crippen molar-refractivity contribution in [1.29, 1.82) is 0 Å². The van der Waals surface area contributed by atoms with Crippen molar-refractivity contribution < 1.29 is 39.2 Å². The molecule has 2 heterocycles. The van der Waals surface area contributed by atoms with Crippen LogP contribution in [-0.4, -0.2) is 121 Å². The van der Waals surface area contributed by atoms with E-state index in [1.807, 2.05) is 35.1 Å². The van der Waals surface area contributed by atoms with Crippen LogP contribution in [0.2, 0.25) is 0 Å². The van der Waals surface area contributed by atoms with Gasteiger partial charge in [-0.1, -0.05) is 43.2 Å². The predicted molar refractivity (Wildman–Crippen MR) is 243 cm³/mol. The molecular formula is C46H58F4N6O5S3. The van der Waals surface area contributed by atoms with E-state index >= 15 is 0 Å². The van der Waals surface area contributed by atoms with Gasteiger partial charge in [-0.05, 0) is 105 Å². The van der Waals surface area contributed by atoms with Gasteiger partial charge in [0.25, 0.3) is 25.8 Å². The number of amides is 1. The second kappa shape index (κ2) is 18.2. The van der Waals surface area contributed by atoms with Crippen LogP contribution in [0.3, 0.4) is 0 Å². The maximum atomic E-state index is 14.6. The van der Waals surface area contributed by atoms with Crippen LogP contribution in [0.5, 0.6) is 0 Å². The summed E-state index contributed by atoms with van der Waals surface area (Å²) in [5.74, 6) is -0.637. The maximum Gasteiger partial charge on any atom is 0.501 e. The number of thioether (sulfide) groups is 1. The summed E-state index contributed by atoms with van der Waals surface area (Å²) >= 11 is 1.46. The number of rotatable bonds is 16. The number of sulfonamides is 1. The van der Waals surface area contributed by atoms with Gasteiger partial charge < -0.3 is 20.4 Å². The number of sulfone groups is 1. The second-order valence-electron chi connectivity index (χ2n) is 19.1.